The first-order valence-corrected chi connectivity index (χ1v) is 10.9. The fourth-order valence-corrected chi connectivity index (χ4v) is 2.64. The Balaban J connectivity index is 0. The second kappa shape index (κ2) is 16.9. The lowest BCUT2D eigenvalue weighted by atomic mass is 10.00. The maximum Gasteiger partial charge on any atom is 0.331 e. The summed E-state index contributed by atoms with van der Waals surface area (Å²) in [6, 6.07) is -0.318. The molecule has 0 aliphatic carbocycles. The minimum atomic E-state index is -1.01. The van der Waals surface area contributed by atoms with Crippen LogP contribution in [0.4, 0.5) is 0 Å². The zero-order valence-electron chi connectivity index (χ0n) is 20.6. The molecule has 1 heterocycles. The number of carbonyl (C=O) groups is 3. The van der Waals surface area contributed by atoms with Gasteiger partial charge >= 0.3 is 5.97 Å². The van der Waals surface area contributed by atoms with E-state index in [1.165, 1.54) is 37.8 Å². The Morgan fingerprint density at radius 1 is 1.17 bits per heavy atom. The van der Waals surface area contributed by atoms with Crippen LogP contribution in [-0.4, -0.2) is 73.0 Å². The Labute approximate surface area is 183 Å². The van der Waals surface area contributed by atoms with E-state index in [1.807, 2.05) is 13.8 Å². The molecule has 1 aliphatic rings. The molecule has 1 fully saturated rings. The van der Waals surface area contributed by atoms with E-state index in [0.29, 0.717) is 6.41 Å². The molecule has 0 spiro atoms. The van der Waals surface area contributed by atoms with Gasteiger partial charge in [-0.15, -0.1) is 0 Å². The minimum absolute atomic E-state index is 0.0736. The van der Waals surface area contributed by atoms with Crippen molar-refractivity contribution < 1.29 is 19.5 Å². The lowest BCUT2D eigenvalue weighted by molar-refractivity contribution is -0.133. The van der Waals surface area contributed by atoms with Crippen LogP contribution in [0, 0.1) is 17.8 Å². The van der Waals surface area contributed by atoms with Gasteiger partial charge in [0.15, 0.2) is 0 Å². The van der Waals surface area contributed by atoms with Crippen molar-refractivity contribution in [1.29, 1.82) is 0 Å². The van der Waals surface area contributed by atoms with Crippen LogP contribution in [0.15, 0.2) is 11.6 Å². The molecule has 30 heavy (non-hydrogen) atoms. The molecule has 0 saturated carbocycles. The zero-order chi connectivity index (χ0) is 23.9. The third-order valence-corrected chi connectivity index (χ3v) is 4.63. The lowest BCUT2D eigenvalue weighted by Crippen LogP contribution is -2.43. The summed E-state index contributed by atoms with van der Waals surface area (Å²) in [5.41, 5.74) is 0.191. The third kappa shape index (κ3) is 16.0. The Hall–Kier alpha value is -1.89. The van der Waals surface area contributed by atoms with E-state index in [1.54, 1.807) is 13.1 Å². The number of rotatable bonds is 7. The molecular formula is C23H45N3O4. The molecule has 2 N–H and O–H groups in total. The first-order valence-electron chi connectivity index (χ1n) is 10.9. The number of carboxylic acid groups (broad SMARTS) is 1. The molecule has 0 aromatic heterocycles. The van der Waals surface area contributed by atoms with Crippen molar-refractivity contribution in [2.75, 3.05) is 33.7 Å². The van der Waals surface area contributed by atoms with Gasteiger partial charge in [-0.25, -0.2) is 4.79 Å². The van der Waals surface area contributed by atoms with E-state index in [4.69, 9.17) is 5.11 Å². The van der Waals surface area contributed by atoms with Crippen molar-refractivity contribution in [1.82, 2.24) is 15.1 Å². The zero-order valence-corrected chi connectivity index (χ0v) is 20.6. The largest absolute Gasteiger partial charge is 0.478 e. The number of likely N-dealkylation sites (N-methyl/N-ethyl adjacent to an activating group) is 1. The summed E-state index contributed by atoms with van der Waals surface area (Å²) in [6.45, 7) is 16.6. The maximum atomic E-state index is 11.7. The average Bonchev–Trinajstić information content (AvgIpc) is 2.65. The normalized spacial score (nSPS) is 16.0. The highest BCUT2D eigenvalue weighted by atomic mass is 16.4. The molecule has 0 aromatic rings. The number of hydrogen-bond donors (Lipinski definition) is 2. The predicted octanol–water partition coefficient (Wildman–Crippen LogP) is 3.26. The molecule has 1 aliphatic heterocycles. The van der Waals surface area contributed by atoms with Crippen LogP contribution >= 0.6 is 0 Å². The maximum absolute atomic E-state index is 11.7. The number of likely N-dealkylation sites (tertiary alicyclic amines) is 1. The summed E-state index contributed by atoms with van der Waals surface area (Å²) < 4.78 is 0. The van der Waals surface area contributed by atoms with Crippen LogP contribution in [0.25, 0.3) is 0 Å². The van der Waals surface area contributed by atoms with E-state index < -0.39 is 5.97 Å². The molecule has 0 aromatic carbocycles. The second-order valence-electron chi connectivity index (χ2n) is 9.11. The highest BCUT2D eigenvalue weighted by Gasteiger charge is 2.21. The van der Waals surface area contributed by atoms with E-state index in [2.05, 4.69) is 45.0 Å². The molecule has 7 nitrogen and oxygen atoms in total. The molecule has 0 radical (unpaired) electrons. The topological polar surface area (TPSA) is 90.0 Å². The van der Waals surface area contributed by atoms with Crippen LogP contribution < -0.4 is 5.32 Å². The summed E-state index contributed by atoms with van der Waals surface area (Å²) in [5.74, 6) is 0.610. The van der Waals surface area contributed by atoms with Crippen LogP contribution in [0.2, 0.25) is 0 Å². The SMILES string of the molecule is C/C(=C\[C@H](C(C)C)N(C)C(=O)CNC=O)C(=O)O.CC(C)C.CC1CCN(C)CC1. The van der Waals surface area contributed by atoms with Gasteiger partial charge in [-0.2, -0.15) is 0 Å². The van der Waals surface area contributed by atoms with Gasteiger partial charge in [0, 0.05) is 12.6 Å². The summed E-state index contributed by atoms with van der Waals surface area (Å²) in [7, 11) is 3.79. The van der Waals surface area contributed by atoms with Gasteiger partial charge in [0.05, 0.1) is 12.6 Å². The minimum Gasteiger partial charge on any atom is -0.478 e. The lowest BCUT2D eigenvalue weighted by Gasteiger charge is -2.29. The number of piperidine rings is 1. The molecule has 1 saturated heterocycles. The molecule has 0 bridgehead atoms. The Bertz CT molecular complexity index is 512. The van der Waals surface area contributed by atoms with Crippen molar-refractivity contribution in [3.05, 3.63) is 11.6 Å². The van der Waals surface area contributed by atoms with Crippen LogP contribution in [0.5, 0.6) is 0 Å². The smallest absolute Gasteiger partial charge is 0.331 e. The molecule has 2 amide bonds. The Morgan fingerprint density at radius 3 is 1.97 bits per heavy atom. The number of nitrogens with zero attached hydrogens (tertiary/aromatic N) is 2. The summed E-state index contributed by atoms with van der Waals surface area (Å²) in [6.07, 6.45) is 4.80. The van der Waals surface area contributed by atoms with E-state index in [9.17, 15) is 14.4 Å². The fraction of sp³-hybridized carbons (Fsp3) is 0.783. The van der Waals surface area contributed by atoms with Crippen LogP contribution in [0.3, 0.4) is 0 Å². The van der Waals surface area contributed by atoms with Gasteiger partial charge in [-0.3, -0.25) is 9.59 Å². The van der Waals surface area contributed by atoms with Crippen LogP contribution in [-0.2, 0) is 14.4 Å². The van der Waals surface area contributed by atoms with Crippen LogP contribution in [0.1, 0.15) is 61.3 Å². The summed E-state index contributed by atoms with van der Waals surface area (Å²) in [4.78, 5) is 36.5. The monoisotopic (exact) mass is 427 g/mol. The number of carboxylic acids is 1. The summed E-state index contributed by atoms with van der Waals surface area (Å²) >= 11 is 0. The number of aliphatic carboxylic acids is 1. The van der Waals surface area contributed by atoms with Gasteiger partial charge < -0.3 is 20.2 Å². The number of amides is 2. The third-order valence-electron chi connectivity index (χ3n) is 4.63. The second-order valence-corrected chi connectivity index (χ2v) is 9.11. The van der Waals surface area contributed by atoms with Gasteiger partial charge in [0.2, 0.25) is 12.3 Å². The van der Waals surface area contributed by atoms with E-state index in [0.717, 1.165) is 11.8 Å². The number of hydrogen-bond acceptors (Lipinski definition) is 4. The molecule has 0 unspecified atom stereocenters. The highest BCUT2D eigenvalue weighted by molar-refractivity contribution is 5.86. The highest BCUT2D eigenvalue weighted by Crippen LogP contribution is 2.14. The quantitative estimate of drug-likeness (QED) is 0.481. The fourth-order valence-electron chi connectivity index (χ4n) is 2.64. The van der Waals surface area contributed by atoms with Crippen molar-refractivity contribution in [3.8, 4) is 0 Å². The number of carbonyl (C=O) groups excluding carboxylic acids is 2. The van der Waals surface area contributed by atoms with Crippen molar-refractivity contribution in [2.24, 2.45) is 17.8 Å². The molecular weight excluding hydrogens is 382 g/mol. The first-order chi connectivity index (χ1) is 13.8. The summed E-state index contributed by atoms with van der Waals surface area (Å²) in [5, 5.41) is 11.1. The molecule has 1 rings (SSSR count). The molecule has 176 valence electrons. The molecule has 7 heteroatoms. The molecule has 1 atom stereocenters. The van der Waals surface area contributed by atoms with Crippen molar-refractivity contribution in [2.45, 2.75) is 67.3 Å². The van der Waals surface area contributed by atoms with Gasteiger partial charge in [-0.05, 0) is 57.7 Å². The van der Waals surface area contributed by atoms with Gasteiger partial charge in [-0.1, -0.05) is 47.6 Å². The predicted molar refractivity (Wildman–Crippen MR) is 123 cm³/mol. The Kier molecular flexibility index (Phi) is 17.0. The van der Waals surface area contributed by atoms with E-state index in [-0.39, 0.29) is 30.0 Å². The van der Waals surface area contributed by atoms with E-state index >= 15 is 0 Å². The Morgan fingerprint density at radius 2 is 1.63 bits per heavy atom. The average molecular weight is 428 g/mol. The van der Waals surface area contributed by atoms with Crippen molar-refractivity contribution in [3.63, 3.8) is 0 Å². The first kappa shape index (κ1) is 30.3. The number of nitrogens with one attached hydrogen (secondary N) is 1. The van der Waals surface area contributed by atoms with Crippen molar-refractivity contribution >= 4 is 18.3 Å². The van der Waals surface area contributed by atoms with Gasteiger partial charge in [0.1, 0.15) is 0 Å². The standard InChI is InChI=1S/C12H20N2O4.C7H15N.C4H10/c1-8(2)10(5-9(3)12(17)18)14(4)11(16)6-13-7-15;1-7-3-5-8(2)6-4-7;1-4(2)3/h5,7-8,10H,6H2,1-4H3,(H,13,15)(H,17,18);7H,3-6H2,1-2H3;4H,1-3H3/b9-5+;;/t10-;;/m1../s1. The van der Waals surface area contributed by atoms with Gasteiger partial charge in [0.25, 0.3) is 0 Å².